The maximum Gasteiger partial charge on any atom is 0.0468 e. The van der Waals surface area contributed by atoms with Crippen LogP contribution in [0.5, 0.6) is 0 Å². The fraction of sp³-hybridized carbons (Fsp3) is 1.00. The number of hydrogen-bond donors (Lipinski definition) is 2. The highest BCUT2D eigenvalue weighted by Gasteiger charge is 2.22. The highest BCUT2D eigenvalue weighted by atomic mass is 16.5. The van der Waals surface area contributed by atoms with Crippen molar-refractivity contribution in [3.05, 3.63) is 0 Å². The van der Waals surface area contributed by atoms with Crippen LogP contribution in [0.1, 0.15) is 46.5 Å². The zero-order chi connectivity index (χ0) is 12.0. The highest BCUT2D eigenvalue weighted by molar-refractivity contribution is 4.81. The lowest BCUT2D eigenvalue weighted by Gasteiger charge is -2.32. The number of ether oxygens (including phenoxy) is 1. The van der Waals surface area contributed by atoms with Gasteiger partial charge in [-0.15, -0.1) is 0 Å². The number of aliphatic hydroxyl groups excluding tert-OH is 1. The van der Waals surface area contributed by atoms with Crippen molar-refractivity contribution >= 4 is 0 Å². The van der Waals surface area contributed by atoms with E-state index < -0.39 is 0 Å². The molecule has 0 radical (unpaired) electrons. The summed E-state index contributed by atoms with van der Waals surface area (Å²) >= 11 is 0. The summed E-state index contributed by atoms with van der Waals surface area (Å²) in [5.41, 5.74) is 0.0410. The Balaban J connectivity index is 2.25. The van der Waals surface area contributed by atoms with Crippen LogP contribution in [0.15, 0.2) is 0 Å². The van der Waals surface area contributed by atoms with Crippen LogP contribution in [0.2, 0.25) is 0 Å². The summed E-state index contributed by atoms with van der Waals surface area (Å²) in [4.78, 5) is 0. The summed E-state index contributed by atoms with van der Waals surface area (Å²) in [6.07, 6.45) is 4.43. The average Bonchev–Trinajstić information content (AvgIpc) is 2.17. The molecule has 1 atom stereocenters. The molecular formula is C13H27NO2. The van der Waals surface area contributed by atoms with E-state index in [9.17, 15) is 0 Å². The molecule has 1 unspecified atom stereocenters. The molecular weight excluding hydrogens is 202 g/mol. The summed E-state index contributed by atoms with van der Waals surface area (Å²) < 4.78 is 5.37. The zero-order valence-electron chi connectivity index (χ0n) is 11.0. The molecule has 0 aromatic rings. The molecule has 1 saturated heterocycles. The summed E-state index contributed by atoms with van der Waals surface area (Å²) in [5.74, 6) is 0.807. The second kappa shape index (κ2) is 6.58. The van der Waals surface area contributed by atoms with Crippen molar-refractivity contribution in [2.75, 3.05) is 19.8 Å². The quantitative estimate of drug-likeness (QED) is 0.731. The smallest absolute Gasteiger partial charge is 0.0468 e. The number of aliphatic hydroxyl groups is 1. The monoisotopic (exact) mass is 229 g/mol. The Kier molecular flexibility index (Phi) is 5.73. The Morgan fingerprint density at radius 3 is 2.56 bits per heavy atom. The first-order chi connectivity index (χ1) is 7.53. The number of nitrogens with one attached hydrogen (secondary N) is 1. The van der Waals surface area contributed by atoms with Gasteiger partial charge in [-0.2, -0.15) is 0 Å². The average molecular weight is 229 g/mol. The summed E-state index contributed by atoms with van der Waals surface area (Å²) in [7, 11) is 0. The number of rotatable bonds is 6. The van der Waals surface area contributed by atoms with Crippen molar-refractivity contribution in [2.24, 2.45) is 5.92 Å². The van der Waals surface area contributed by atoms with Crippen LogP contribution >= 0.6 is 0 Å². The molecule has 1 aliphatic heterocycles. The Bertz CT molecular complexity index is 188. The van der Waals surface area contributed by atoms with Crippen LogP contribution in [-0.4, -0.2) is 36.5 Å². The molecule has 0 aliphatic carbocycles. The van der Waals surface area contributed by atoms with E-state index in [1.54, 1.807) is 0 Å². The van der Waals surface area contributed by atoms with Crippen LogP contribution in [0.3, 0.4) is 0 Å². The van der Waals surface area contributed by atoms with Gasteiger partial charge in [0.05, 0.1) is 0 Å². The van der Waals surface area contributed by atoms with Crippen LogP contribution < -0.4 is 5.32 Å². The molecule has 1 heterocycles. The zero-order valence-corrected chi connectivity index (χ0v) is 11.0. The molecule has 0 bridgehead atoms. The van der Waals surface area contributed by atoms with Gasteiger partial charge < -0.3 is 15.2 Å². The van der Waals surface area contributed by atoms with Gasteiger partial charge in [-0.25, -0.2) is 0 Å². The summed E-state index contributed by atoms with van der Waals surface area (Å²) in [6.45, 7) is 8.67. The van der Waals surface area contributed by atoms with Gasteiger partial charge in [0.25, 0.3) is 0 Å². The number of hydrogen-bond acceptors (Lipinski definition) is 3. The molecule has 1 rings (SSSR count). The molecule has 96 valence electrons. The van der Waals surface area contributed by atoms with E-state index in [4.69, 9.17) is 9.84 Å². The highest BCUT2D eigenvalue weighted by Crippen LogP contribution is 2.21. The van der Waals surface area contributed by atoms with Gasteiger partial charge in [0.15, 0.2) is 0 Å². The minimum absolute atomic E-state index is 0.0410. The third kappa shape index (κ3) is 5.28. The van der Waals surface area contributed by atoms with Gasteiger partial charge in [-0.3, -0.25) is 0 Å². The molecule has 3 heteroatoms. The first kappa shape index (κ1) is 13.9. The van der Waals surface area contributed by atoms with E-state index in [-0.39, 0.29) is 12.1 Å². The van der Waals surface area contributed by atoms with Gasteiger partial charge in [-0.1, -0.05) is 0 Å². The van der Waals surface area contributed by atoms with E-state index in [1.165, 1.54) is 19.3 Å². The lowest BCUT2D eigenvalue weighted by Crippen LogP contribution is -2.46. The molecule has 0 saturated carbocycles. The Morgan fingerprint density at radius 2 is 2.00 bits per heavy atom. The Hall–Kier alpha value is -0.120. The van der Waals surface area contributed by atoms with Crippen molar-refractivity contribution < 1.29 is 9.84 Å². The minimum atomic E-state index is 0.0410. The fourth-order valence-corrected chi connectivity index (χ4v) is 2.56. The molecule has 0 aromatic carbocycles. The van der Waals surface area contributed by atoms with E-state index >= 15 is 0 Å². The Labute approximate surface area is 99.6 Å². The lowest BCUT2D eigenvalue weighted by molar-refractivity contribution is 0.0597. The topological polar surface area (TPSA) is 41.5 Å². The SMILES string of the molecule is CC(CC1CCOCC1)NC(C)(C)CCO. The molecule has 16 heavy (non-hydrogen) atoms. The standard InChI is InChI=1S/C13H27NO2/c1-11(14-13(2,3)6-7-15)10-12-4-8-16-9-5-12/h11-12,14-15H,4-10H2,1-3H3. The second-order valence-corrected chi connectivity index (χ2v) is 5.69. The largest absolute Gasteiger partial charge is 0.396 e. The first-order valence-electron chi connectivity index (χ1n) is 6.50. The predicted octanol–water partition coefficient (Wildman–Crippen LogP) is 1.94. The van der Waals surface area contributed by atoms with Crippen molar-refractivity contribution in [1.82, 2.24) is 5.32 Å². The van der Waals surface area contributed by atoms with Crippen LogP contribution in [0, 0.1) is 5.92 Å². The molecule has 2 N–H and O–H groups in total. The second-order valence-electron chi connectivity index (χ2n) is 5.69. The van der Waals surface area contributed by atoms with E-state index in [1.807, 2.05) is 0 Å². The Morgan fingerprint density at radius 1 is 1.38 bits per heavy atom. The van der Waals surface area contributed by atoms with E-state index in [2.05, 4.69) is 26.1 Å². The molecule has 0 amide bonds. The minimum Gasteiger partial charge on any atom is -0.396 e. The molecule has 1 fully saturated rings. The first-order valence-corrected chi connectivity index (χ1v) is 6.50. The van der Waals surface area contributed by atoms with Crippen molar-refractivity contribution in [2.45, 2.75) is 58.0 Å². The maximum absolute atomic E-state index is 8.98. The van der Waals surface area contributed by atoms with Crippen molar-refractivity contribution in [3.8, 4) is 0 Å². The van der Waals surface area contributed by atoms with Gasteiger partial charge >= 0.3 is 0 Å². The maximum atomic E-state index is 8.98. The lowest BCUT2D eigenvalue weighted by atomic mass is 9.91. The molecule has 3 nitrogen and oxygen atoms in total. The van der Waals surface area contributed by atoms with Crippen LogP contribution in [0.25, 0.3) is 0 Å². The summed E-state index contributed by atoms with van der Waals surface area (Å²) in [6, 6.07) is 0.518. The molecule has 1 aliphatic rings. The fourth-order valence-electron chi connectivity index (χ4n) is 2.56. The van der Waals surface area contributed by atoms with Crippen molar-refractivity contribution in [1.29, 1.82) is 0 Å². The third-order valence-corrected chi connectivity index (χ3v) is 3.40. The van der Waals surface area contributed by atoms with Gasteiger partial charge in [0.1, 0.15) is 0 Å². The predicted molar refractivity (Wildman–Crippen MR) is 66.5 cm³/mol. The van der Waals surface area contributed by atoms with E-state index in [0.29, 0.717) is 6.04 Å². The summed E-state index contributed by atoms with van der Waals surface area (Å²) in [5, 5.41) is 12.6. The van der Waals surface area contributed by atoms with Gasteiger partial charge in [0.2, 0.25) is 0 Å². The van der Waals surface area contributed by atoms with Gasteiger partial charge in [-0.05, 0) is 52.4 Å². The normalized spacial score (nSPS) is 21.0. The van der Waals surface area contributed by atoms with Crippen LogP contribution in [-0.2, 0) is 4.74 Å². The van der Waals surface area contributed by atoms with Crippen molar-refractivity contribution in [3.63, 3.8) is 0 Å². The molecule has 0 aromatic heterocycles. The van der Waals surface area contributed by atoms with E-state index in [0.717, 1.165) is 25.6 Å². The third-order valence-electron chi connectivity index (χ3n) is 3.40. The van der Waals surface area contributed by atoms with Gasteiger partial charge in [0, 0.05) is 31.4 Å². The molecule has 0 spiro atoms. The van der Waals surface area contributed by atoms with Crippen LogP contribution in [0.4, 0.5) is 0 Å².